The van der Waals surface area contributed by atoms with E-state index in [-0.39, 0.29) is 17.9 Å². The van der Waals surface area contributed by atoms with Crippen molar-refractivity contribution >= 4 is 33.7 Å². The fourth-order valence-corrected chi connectivity index (χ4v) is 2.89. The maximum atomic E-state index is 12.1. The number of aryl methyl sites for hydroxylation is 1. The Morgan fingerprint density at radius 2 is 1.67 bits per heavy atom. The summed E-state index contributed by atoms with van der Waals surface area (Å²) in [7, 11) is 1.71. The van der Waals surface area contributed by atoms with Gasteiger partial charge in [0.1, 0.15) is 5.69 Å². The standard InChI is InChI=1S/C19H23BrN4O3/c1-19(2,3)13-7-5-12(6-8-13)17(26)21-10-16(25)22-23-18(27)15-9-14(20)11-24(15)4/h5-9,11H,10H2,1-4H3,(H,21,26)(H,22,25)(H,23,27). The van der Waals surface area contributed by atoms with Crippen molar-refractivity contribution in [3.63, 3.8) is 0 Å². The minimum atomic E-state index is -0.531. The summed E-state index contributed by atoms with van der Waals surface area (Å²) >= 11 is 3.27. The number of carbonyl (C=O) groups is 3. The maximum Gasteiger partial charge on any atom is 0.286 e. The van der Waals surface area contributed by atoms with E-state index in [1.54, 1.807) is 36.0 Å². The van der Waals surface area contributed by atoms with Crippen LogP contribution < -0.4 is 16.2 Å². The van der Waals surface area contributed by atoms with Crippen molar-refractivity contribution in [2.75, 3.05) is 6.54 Å². The van der Waals surface area contributed by atoms with Crippen LogP contribution in [0.2, 0.25) is 0 Å². The summed E-state index contributed by atoms with van der Waals surface area (Å²) in [6.45, 7) is 6.02. The van der Waals surface area contributed by atoms with Gasteiger partial charge in [-0.3, -0.25) is 25.2 Å². The Labute approximate surface area is 166 Å². The second kappa shape index (κ2) is 8.39. The molecule has 8 heteroatoms. The average Bonchev–Trinajstić information content (AvgIpc) is 2.95. The number of benzene rings is 1. The van der Waals surface area contributed by atoms with Crippen LogP contribution in [-0.4, -0.2) is 28.8 Å². The van der Waals surface area contributed by atoms with E-state index in [1.165, 1.54) is 0 Å². The molecule has 2 rings (SSSR count). The molecule has 0 bridgehead atoms. The molecule has 27 heavy (non-hydrogen) atoms. The van der Waals surface area contributed by atoms with Crippen LogP contribution in [0.25, 0.3) is 0 Å². The SMILES string of the molecule is Cn1cc(Br)cc1C(=O)NNC(=O)CNC(=O)c1ccc(C(C)(C)C)cc1. The minimum Gasteiger partial charge on any atom is -0.345 e. The van der Waals surface area contributed by atoms with Crippen molar-refractivity contribution in [1.29, 1.82) is 0 Å². The molecular weight excluding hydrogens is 412 g/mol. The van der Waals surface area contributed by atoms with Gasteiger partial charge in [0.2, 0.25) is 0 Å². The molecular formula is C19H23BrN4O3. The molecule has 0 radical (unpaired) electrons. The lowest BCUT2D eigenvalue weighted by atomic mass is 9.87. The first-order valence-electron chi connectivity index (χ1n) is 8.37. The Morgan fingerprint density at radius 1 is 1.04 bits per heavy atom. The van der Waals surface area contributed by atoms with E-state index in [0.29, 0.717) is 11.3 Å². The van der Waals surface area contributed by atoms with Crippen molar-refractivity contribution in [2.45, 2.75) is 26.2 Å². The van der Waals surface area contributed by atoms with E-state index < -0.39 is 11.8 Å². The Bertz CT molecular complexity index is 851. The molecule has 0 unspecified atom stereocenters. The van der Waals surface area contributed by atoms with Crippen LogP contribution in [0, 0.1) is 0 Å². The monoisotopic (exact) mass is 434 g/mol. The van der Waals surface area contributed by atoms with Crippen molar-refractivity contribution in [3.05, 3.63) is 57.8 Å². The summed E-state index contributed by atoms with van der Waals surface area (Å²) in [6, 6.07) is 8.87. The maximum absolute atomic E-state index is 12.1. The third-order valence-electron chi connectivity index (χ3n) is 3.94. The van der Waals surface area contributed by atoms with E-state index in [9.17, 15) is 14.4 Å². The van der Waals surface area contributed by atoms with Gasteiger partial charge in [0.15, 0.2) is 0 Å². The van der Waals surface area contributed by atoms with Gasteiger partial charge in [-0.15, -0.1) is 0 Å². The Kier molecular flexibility index (Phi) is 6.43. The third kappa shape index (κ3) is 5.68. The Hall–Kier alpha value is -2.61. The molecule has 3 N–H and O–H groups in total. The zero-order valence-corrected chi connectivity index (χ0v) is 17.3. The number of halogens is 1. The quantitative estimate of drug-likeness (QED) is 0.644. The van der Waals surface area contributed by atoms with Gasteiger partial charge in [-0.05, 0) is 45.1 Å². The molecule has 0 saturated heterocycles. The van der Waals surface area contributed by atoms with Crippen molar-refractivity contribution in [2.24, 2.45) is 7.05 Å². The zero-order valence-electron chi connectivity index (χ0n) is 15.7. The van der Waals surface area contributed by atoms with Gasteiger partial charge in [-0.25, -0.2) is 0 Å². The molecule has 0 spiro atoms. The summed E-state index contributed by atoms with van der Waals surface area (Å²) in [5.74, 6) is -1.35. The number of hydrogen-bond acceptors (Lipinski definition) is 3. The van der Waals surface area contributed by atoms with Crippen molar-refractivity contribution in [1.82, 2.24) is 20.7 Å². The number of nitrogens with zero attached hydrogens (tertiary/aromatic N) is 1. The number of aromatic nitrogens is 1. The first-order chi connectivity index (χ1) is 12.6. The van der Waals surface area contributed by atoms with Crippen LogP contribution in [0.4, 0.5) is 0 Å². The van der Waals surface area contributed by atoms with Crippen LogP contribution >= 0.6 is 15.9 Å². The highest BCUT2D eigenvalue weighted by Crippen LogP contribution is 2.22. The first kappa shape index (κ1) is 20.7. The highest BCUT2D eigenvalue weighted by atomic mass is 79.9. The number of hydrogen-bond donors (Lipinski definition) is 3. The predicted octanol–water partition coefficient (Wildman–Crippen LogP) is 2.28. The molecule has 1 heterocycles. The molecule has 0 atom stereocenters. The van der Waals surface area contributed by atoms with Gasteiger partial charge in [0, 0.05) is 23.3 Å². The van der Waals surface area contributed by atoms with Gasteiger partial charge < -0.3 is 9.88 Å². The van der Waals surface area contributed by atoms with E-state index in [2.05, 4.69) is 52.9 Å². The molecule has 144 valence electrons. The lowest BCUT2D eigenvalue weighted by Gasteiger charge is -2.19. The lowest BCUT2D eigenvalue weighted by Crippen LogP contribution is -2.46. The highest BCUT2D eigenvalue weighted by Gasteiger charge is 2.15. The minimum absolute atomic E-state index is 0.00102. The predicted molar refractivity (Wildman–Crippen MR) is 106 cm³/mol. The molecule has 0 aliphatic rings. The molecule has 0 aliphatic heterocycles. The van der Waals surface area contributed by atoms with E-state index >= 15 is 0 Å². The number of hydrazine groups is 1. The molecule has 0 aliphatic carbocycles. The summed E-state index contributed by atoms with van der Waals surface area (Å²) in [5.41, 5.74) is 6.54. The summed E-state index contributed by atoms with van der Waals surface area (Å²) in [4.78, 5) is 36.0. The topological polar surface area (TPSA) is 92.2 Å². The second-order valence-electron chi connectivity index (χ2n) is 7.17. The fraction of sp³-hybridized carbons (Fsp3) is 0.316. The molecule has 1 aromatic heterocycles. The summed E-state index contributed by atoms with van der Waals surface area (Å²) < 4.78 is 2.38. The van der Waals surface area contributed by atoms with Crippen LogP contribution in [0.1, 0.15) is 47.2 Å². The molecule has 1 aromatic carbocycles. The zero-order chi connectivity index (χ0) is 20.2. The lowest BCUT2D eigenvalue weighted by molar-refractivity contribution is -0.120. The Balaban J connectivity index is 1.82. The second-order valence-corrected chi connectivity index (χ2v) is 8.08. The molecule has 2 aromatic rings. The van der Waals surface area contributed by atoms with E-state index in [0.717, 1.165) is 10.0 Å². The smallest absolute Gasteiger partial charge is 0.286 e. The largest absolute Gasteiger partial charge is 0.345 e. The molecule has 0 fully saturated rings. The van der Waals surface area contributed by atoms with E-state index in [1.807, 2.05) is 12.1 Å². The van der Waals surface area contributed by atoms with Gasteiger partial charge in [0.25, 0.3) is 17.7 Å². The first-order valence-corrected chi connectivity index (χ1v) is 9.17. The number of amides is 3. The summed E-state index contributed by atoms with van der Waals surface area (Å²) in [5, 5.41) is 2.52. The van der Waals surface area contributed by atoms with Gasteiger partial charge in [0.05, 0.1) is 6.54 Å². The van der Waals surface area contributed by atoms with Crippen LogP contribution in [-0.2, 0) is 17.3 Å². The van der Waals surface area contributed by atoms with Crippen LogP contribution in [0.5, 0.6) is 0 Å². The number of rotatable bonds is 4. The average molecular weight is 435 g/mol. The Morgan fingerprint density at radius 3 is 2.19 bits per heavy atom. The molecule has 0 saturated carbocycles. The fourth-order valence-electron chi connectivity index (χ4n) is 2.37. The third-order valence-corrected chi connectivity index (χ3v) is 4.38. The highest BCUT2D eigenvalue weighted by molar-refractivity contribution is 9.10. The van der Waals surface area contributed by atoms with Gasteiger partial charge in [-0.2, -0.15) is 0 Å². The van der Waals surface area contributed by atoms with Crippen molar-refractivity contribution in [3.8, 4) is 0 Å². The van der Waals surface area contributed by atoms with E-state index in [4.69, 9.17) is 0 Å². The summed E-state index contributed by atoms with van der Waals surface area (Å²) in [6.07, 6.45) is 1.72. The van der Waals surface area contributed by atoms with Gasteiger partial charge in [-0.1, -0.05) is 32.9 Å². The molecule has 3 amide bonds. The number of carbonyl (C=O) groups excluding carboxylic acids is 3. The normalized spacial score (nSPS) is 11.0. The van der Waals surface area contributed by atoms with Crippen LogP contribution in [0.3, 0.4) is 0 Å². The van der Waals surface area contributed by atoms with Gasteiger partial charge >= 0.3 is 0 Å². The number of nitrogens with one attached hydrogen (secondary N) is 3. The van der Waals surface area contributed by atoms with Crippen molar-refractivity contribution < 1.29 is 14.4 Å². The van der Waals surface area contributed by atoms with Crippen LogP contribution in [0.15, 0.2) is 41.0 Å². The molecule has 7 nitrogen and oxygen atoms in total.